The normalized spacial score (nSPS) is 17.5. The fraction of sp³-hybridized carbons (Fsp3) is 0.222. The number of aliphatic hydroxyl groups is 1. The lowest BCUT2D eigenvalue weighted by Crippen LogP contribution is -2.29. The number of esters is 1. The molecule has 0 aliphatic carbocycles. The van der Waals surface area contributed by atoms with E-state index >= 15 is 0 Å². The zero-order valence-electron chi connectivity index (χ0n) is 19.1. The van der Waals surface area contributed by atoms with Crippen LogP contribution >= 0.6 is 11.6 Å². The third-order valence-electron chi connectivity index (χ3n) is 5.65. The van der Waals surface area contributed by atoms with E-state index in [1.165, 1.54) is 14.2 Å². The molecule has 0 radical (unpaired) electrons. The highest BCUT2D eigenvalue weighted by Gasteiger charge is 2.48. The largest absolute Gasteiger partial charge is 0.497 e. The van der Waals surface area contributed by atoms with Crippen LogP contribution in [0.1, 0.15) is 23.6 Å². The van der Waals surface area contributed by atoms with Crippen molar-refractivity contribution < 1.29 is 28.8 Å². The molecule has 7 heteroatoms. The second-order valence-electron chi connectivity index (χ2n) is 7.75. The van der Waals surface area contributed by atoms with Crippen molar-refractivity contribution in [1.29, 1.82) is 0 Å². The van der Waals surface area contributed by atoms with Gasteiger partial charge in [0.2, 0.25) is 0 Å². The molecule has 1 aliphatic rings. The third kappa shape index (κ3) is 4.60. The van der Waals surface area contributed by atoms with Crippen LogP contribution in [0.2, 0.25) is 5.02 Å². The van der Waals surface area contributed by atoms with E-state index in [4.69, 9.17) is 30.5 Å². The smallest absolute Gasteiger partial charge is 0.342 e. The Kier molecular flexibility index (Phi) is 6.82. The quantitative estimate of drug-likeness (QED) is 0.449. The summed E-state index contributed by atoms with van der Waals surface area (Å²) in [6, 6.07) is 19.2. The fourth-order valence-corrected chi connectivity index (χ4v) is 4.10. The van der Waals surface area contributed by atoms with Gasteiger partial charge in [0.15, 0.2) is 0 Å². The van der Waals surface area contributed by atoms with E-state index in [1.807, 2.05) is 19.1 Å². The lowest BCUT2D eigenvalue weighted by Gasteiger charge is -2.26. The number of carbonyl (C=O) groups excluding carboxylic acids is 1. The van der Waals surface area contributed by atoms with Crippen molar-refractivity contribution in [3.8, 4) is 17.2 Å². The number of cyclic esters (lactones) is 1. The Morgan fingerprint density at radius 3 is 2.09 bits per heavy atom. The first-order valence-electron chi connectivity index (χ1n) is 10.8. The zero-order valence-corrected chi connectivity index (χ0v) is 19.9. The van der Waals surface area contributed by atoms with Gasteiger partial charge in [-0.1, -0.05) is 23.7 Å². The number of methoxy groups -OCH3 is 2. The average molecular weight is 481 g/mol. The SMILES string of the molecule is CCOc1ccc(C2(O)OC(=O)C(c3cc(OC)cc(OC)c3)=C2Cc2ccc(Cl)cc2)cc1. The molecule has 6 nitrogen and oxygen atoms in total. The summed E-state index contributed by atoms with van der Waals surface area (Å²) in [5.41, 5.74) is 2.45. The fourth-order valence-electron chi connectivity index (χ4n) is 3.97. The molecular weight excluding hydrogens is 456 g/mol. The van der Waals surface area contributed by atoms with Crippen molar-refractivity contribution in [3.05, 3.63) is 94.0 Å². The molecule has 0 fully saturated rings. The van der Waals surface area contributed by atoms with Crippen LogP contribution in [-0.2, 0) is 21.7 Å². The van der Waals surface area contributed by atoms with E-state index in [-0.39, 0.29) is 12.0 Å². The van der Waals surface area contributed by atoms with Crippen molar-refractivity contribution in [3.63, 3.8) is 0 Å². The number of rotatable bonds is 8. The van der Waals surface area contributed by atoms with E-state index in [0.717, 1.165) is 5.56 Å². The van der Waals surface area contributed by atoms with Crippen molar-refractivity contribution in [1.82, 2.24) is 0 Å². The molecule has 1 N–H and O–H groups in total. The molecule has 3 aromatic carbocycles. The Labute approximate surface area is 203 Å². The highest BCUT2D eigenvalue weighted by molar-refractivity contribution is 6.30. The molecule has 0 spiro atoms. The number of carbonyl (C=O) groups is 1. The number of hydrogen-bond donors (Lipinski definition) is 1. The average Bonchev–Trinajstić information content (AvgIpc) is 3.10. The molecule has 34 heavy (non-hydrogen) atoms. The number of halogens is 1. The predicted molar refractivity (Wildman–Crippen MR) is 129 cm³/mol. The van der Waals surface area contributed by atoms with Crippen molar-refractivity contribution in [2.45, 2.75) is 19.1 Å². The Morgan fingerprint density at radius 2 is 1.53 bits per heavy atom. The highest BCUT2D eigenvalue weighted by Crippen LogP contribution is 2.46. The van der Waals surface area contributed by atoms with Crippen LogP contribution in [0, 0.1) is 0 Å². The van der Waals surface area contributed by atoms with Gasteiger partial charge in [-0.2, -0.15) is 0 Å². The van der Waals surface area contributed by atoms with Gasteiger partial charge in [0, 0.05) is 28.6 Å². The summed E-state index contributed by atoms with van der Waals surface area (Å²) in [6.45, 7) is 2.41. The summed E-state index contributed by atoms with van der Waals surface area (Å²) in [5.74, 6) is -0.933. The number of hydrogen-bond acceptors (Lipinski definition) is 6. The molecule has 0 saturated carbocycles. The Morgan fingerprint density at radius 1 is 0.912 bits per heavy atom. The van der Waals surface area contributed by atoms with E-state index in [2.05, 4.69) is 0 Å². The maximum atomic E-state index is 13.2. The van der Waals surface area contributed by atoms with Crippen LogP contribution in [0.15, 0.2) is 72.3 Å². The van der Waals surface area contributed by atoms with Crippen LogP contribution < -0.4 is 14.2 Å². The molecule has 1 atom stereocenters. The van der Waals surface area contributed by atoms with Gasteiger partial charge in [-0.3, -0.25) is 0 Å². The molecule has 1 unspecified atom stereocenters. The minimum Gasteiger partial charge on any atom is -0.497 e. The summed E-state index contributed by atoms with van der Waals surface area (Å²) < 4.78 is 21.9. The Balaban J connectivity index is 1.89. The first-order valence-corrected chi connectivity index (χ1v) is 11.2. The molecule has 4 rings (SSSR count). The van der Waals surface area contributed by atoms with Crippen LogP contribution in [0.4, 0.5) is 0 Å². The molecule has 0 bridgehead atoms. The van der Waals surface area contributed by atoms with Gasteiger partial charge in [-0.05, 0) is 66.6 Å². The van der Waals surface area contributed by atoms with Gasteiger partial charge in [-0.25, -0.2) is 4.79 Å². The van der Waals surface area contributed by atoms with Crippen LogP contribution in [0.5, 0.6) is 17.2 Å². The van der Waals surface area contributed by atoms with Crippen LogP contribution in [-0.4, -0.2) is 31.9 Å². The van der Waals surface area contributed by atoms with Gasteiger partial charge in [0.05, 0.1) is 26.4 Å². The Hall–Kier alpha value is -3.48. The summed E-state index contributed by atoms with van der Waals surface area (Å²) in [5, 5.41) is 12.4. The molecule has 0 amide bonds. The van der Waals surface area contributed by atoms with Gasteiger partial charge in [0.25, 0.3) is 5.79 Å². The standard InChI is InChI=1S/C27H25ClO6/c1-4-33-21-11-7-19(8-12-21)27(30)24(13-17-5-9-20(28)10-6-17)25(26(29)34-27)18-14-22(31-2)16-23(15-18)32-3/h5-12,14-16,30H,4,13H2,1-3H3. The van der Waals surface area contributed by atoms with Gasteiger partial charge < -0.3 is 24.1 Å². The summed E-state index contributed by atoms with van der Waals surface area (Å²) >= 11 is 6.06. The van der Waals surface area contributed by atoms with Crippen molar-refractivity contribution >= 4 is 23.1 Å². The maximum Gasteiger partial charge on any atom is 0.342 e. The number of benzene rings is 3. The summed E-state index contributed by atoms with van der Waals surface area (Å²) in [4.78, 5) is 13.2. The lowest BCUT2D eigenvalue weighted by molar-refractivity contribution is -0.185. The number of ether oxygens (including phenoxy) is 4. The topological polar surface area (TPSA) is 74.2 Å². The van der Waals surface area contributed by atoms with Crippen LogP contribution in [0.3, 0.4) is 0 Å². The van der Waals surface area contributed by atoms with E-state index < -0.39 is 11.8 Å². The summed E-state index contributed by atoms with van der Waals surface area (Å²) in [6.07, 6.45) is 0.251. The maximum absolute atomic E-state index is 13.2. The summed E-state index contributed by atoms with van der Waals surface area (Å²) in [7, 11) is 3.07. The minimum atomic E-state index is -1.97. The molecule has 0 saturated heterocycles. The van der Waals surface area contributed by atoms with Crippen molar-refractivity contribution in [2.75, 3.05) is 20.8 Å². The zero-order chi connectivity index (χ0) is 24.3. The monoisotopic (exact) mass is 480 g/mol. The second-order valence-corrected chi connectivity index (χ2v) is 8.19. The van der Waals surface area contributed by atoms with E-state index in [0.29, 0.717) is 45.6 Å². The van der Waals surface area contributed by atoms with E-state index in [9.17, 15) is 9.90 Å². The van der Waals surface area contributed by atoms with Gasteiger partial charge in [-0.15, -0.1) is 0 Å². The molecular formula is C27H25ClO6. The van der Waals surface area contributed by atoms with Crippen molar-refractivity contribution in [2.24, 2.45) is 0 Å². The van der Waals surface area contributed by atoms with E-state index in [1.54, 1.807) is 54.6 Å². The molecule has 1 heterocycles. The molecule has 0 aromatic heterocycles. The third-order valence-corrected chi connectivity index (χ3v) is 5.90. The minimum absolute atomic E-state index is 0.251. The molecule has 176 valence electrons. The lowest BCUT2D eigenvalue weighted by atomic mass is 9.88. The predicted octanol–water partition coefficient (Wildman–Crippen LogP) is 5.15. The van der Waals surface area contributed by atoms with Gasteiger partial charge >= 0.3 is 5.97 Å². The second kappa shape index (κ2) is 9.79. The first-order chi connectivity index (χ1) is 16.4. The molecule has 1 aliphatic heterocycles. The molecule has 3 aromatic rings. The van der Waals surface area contributed by atoms with Crippen LogP contribution in [0.25, 0.3) is 5.57 Å². The van der Waals surface area contributed by atoms with Gasteiger partial charge in [0.1, 0.15) is 17.2 Å². The highest BCUT2D eigenvalue weighted by atomic mass is 35.5. The Bertz CT molecular complexity index is 1190. The first kappa shape index (κ1) is 23.7.